The van der Waals surface area contributed by atoms with Crippen molar-refractivity contribution in [3.8, 4) is 0 Å². The van der Waals surface area contributed by atoms with Crippen molar-refractivity contribution in [1.29, 1.82) is 0 Å². The van der Waals surface area contributed by atoms with E-state index in [2.05, 4.69) is 18.6 Å². The average Bonchev–Trinajstić information content (AvgIpc) is 3.07. The maximum atomic E-state index is 9.41. The molecule has 0 aromatic heterocycles. The summed E-state index contributed by atoms with van der Waals surface area (Å²) >= 11 is 0. The van der Waals surface area contributed by atoms with Crippen molar-refractivity contribution in [3.63, 3.8) is 0 Å². The van der Waals surface area contributed by atoms with Gasteiger partial charge in [0.15, 0.2) is 6.10 Å². The zero-order chi connectivity index (χ0) is 33.0. The Morgan fingerprint density at radius 3 is 1.13 bits per heavy atom. The largest absolute Gasteiger partial charge is 0.494 e. The first-order chi connectivity index (χ1) is 22.8. The first-order valence-electron chi connectivity index (χ1n) is 20.7. The van der Waals surface area contributed by atoms with Crippen molar-refractivity contribution in [3.05, 3.63) is 29.5 Å². The van der Waals surface area contributed by atoms with E-state index >= 15 is 0 Å². The summed E-state index contributed by atoms with van der Waals surface area (Å²) in [7, 11) is 0. The summed E-state index contributed by atoms with van der Waals surface area (Å²) < 4.78 is 12.1. The van der Waals surface area contributed by atoms with E-state index in [1.165, 1.54) is 193 Å². The molecule has 0 saturated heterocycles. The normalized spacial score (nSPS) is 14.5. The van der Waals surface area contributed by atoms with Crippen LogP contribution in [0.4, 0.5) is 0 Å². The van der Waals surface area contributed by atoms with E-state index in [0.717, 1.165) is 25.2 Å². The zero-order valence-electron chi connectivity index (χ0n) is 31.1. The number of hydrogen-bond acceptors (Lipinski definition) is 2. The van der Waals surface area contributed by atoms with Gasteiger partial charge in [-0.1, -0.05) is 206 Å². The summed E-state index contributed by atoms with van der Waals surface area (Å²) in [5.74, 6) is 0.838. The number of unbranched alkanes of at least 4 members (excludes halogenated alkanes) is 30. The molecule has 4 heteroatoms. The molecular formula is C42H78N2O2. The van der Waals surface area contributed by atoms with Crippen LogP contribution in [0.25, 0.3) is 5.53 Å². The van der Waals surface area contributed by atoms with Crippen molar-refractivity contribution >= 4 is 5.71 Å². The predicted molar refractivity (Wildman–Crippen MR) is 201 cm³/mol. The van der Waals surface area contributed by atoms with Gasteiger partial charge in [-0.05, 0) is 25.0 Å². The molecule has 0 aromatic carbocycles. The van der Waals surface area contributed by atoms with Gasteiger partial charge in [0.05, 0.1) is 6.61 Å². The predicted octanol–water partition coefficient (Wildman–Crippen LogP) is 14.0. The van der Waals surface area contributed by atoms with Gasteiger partial charge in [-0.25, -0.2) is 0 Å². The molecule has 1 atom stereocenters. The van der Waals surface area contributed by atoms with Crippen LogP contribution in [0.2, 0.25) is 0 Å². The van der Waals surface area contributed by atoms with E-state index in [1.807, 2.05) is 18.2 Å². The summed E-state index contributed by atoms with van der Waals surface area (Å²) in [6.45, 7) is 6.02. The second kappa shape index (κ2) is 34.9. The fourth-order valence-electron chi connectivity index (χ4n) is 6.57. The Bertz CT molecular complexity index is 755. The smallest absolute Gasteiger partial charge is 0.324 e. The lowest BCUT2D eigenvalue weighted by atomic mass is 10.0. The molecule has 0 amide bonds. The summed E-state index contributed by atoms with van der Waals surface area (Å²) in [6, 6.07) is 0. The number of ether oxygens (including phenoxy) is 2. The van der Waals surface area contributed by atoms with E-state index in [1.54, 1.807) is 0 Å². The SMILES string of the molecule is CCCCCCCCCCCCCCCCCCOC1=CC(OCCCCCCCCCCCCCCCCCC)C(=[N+]=[N-])C=C1. The van der Waals surface area contributed by atoms with Crippen LogP contribution in [-0.2, 0) is 9.47 Å². The van der Waals surface area contributed by atoms with Crippen LogP contribution in [0.5, 0.6) is 0 Å². The topological polar surface area (TPSA) is 54.9 Å². The summed E-state index contributed by atoms with van der Waals surface area (Å²) in [5, 5.41) is 0. The third kappa shape index (κ3) is 27.7. The van der Waals surface area contributed by atoms with Gasteiger partial charge in [-0.15, -0.1) is 0 Å². The van der Waals surface area contributed by atoms with Gasteiger partial charge in [-0.3, -0.25) is 0 Å². The molecule has 0 N–H and O–H groups in total. The van der Waals surface area contributed by atoms with Gasteiger partial charge in [0.1, 0.15) is 5.76 Å². The second-order valence-corrected chi connectivity index (χ2v) is 14.2. The van der Waals surface area contributed by atoms with Crippen LogP contribution in [0.15, 0.2) is 24.0 Å². The molecule has 0 spiro atoms. The van der Waals surface area contributed by atoms with E-state index in [-0.39, 0.29) is 6.10 Å². The van der Waals surface area contributed by atoms with Crippen molar-refractivity contribution in [2.45, 2.75) is 225 Å². The highest BCUT2D eigenvalue weighted by Crippen LogP contribution is 2.17. The molecule has 0 saturated carbocycles. The third-order valence-electron chi connectivity index (χ3n) is 9.70. The van der Waals surface area contributed by atoms with Crippen LogP contribution in [0, 0.1) is 0 Å². The van der Waals surface area contributed by atoms with Gasteiger partial charge in [0.2, 0.25) is 0 Å². The van der Waals surface area contributed by atoms with Gasteiger partial charge in [0, 0.05) is 12.7 Å². The van der Waals surface area contributed by atoms with Gasteiger partial charge in [-0.2, -0.15) is 4.79 Å². The Kier molecular flexibility index (Phi) is 32.4. The summed E-state index contributed by atoms with van der Waals surface area (Å²) in [4.78, 5) is 3.45. The molecule has 46 heavy (non-hydrogen) atoms. The van der Waals surface area contributed by atoms with Crippen LogP contribution in [0.3, 0.4) is 0 Å². The van der Waals surface area contributed by atoms with Crippen LogP contribution >= 0.6 is 0 Å². The molecular weight excluding hydrogens is 564 g/mol. The van der Waals surface area contributed by atoms with E-state index < -0.39 is 0 Å². The molecule has 0 aromatic rings. The minimum Gasteiger partial charge on any atom is -0.494 e. The summed E-state index contributed by atoms with van der Waals surface area (Å²) in [6.07, 6.45) is 49.3. The first kappa shape index (κ1) is 42.6. The molecule has 0 bridgehead atoms. The molecule has 1 aliphatic rings. The Hall–Kier alpha value is -1.38. The maximum Gasteiger partial charge on any atom is 0.324 e. The van der Waals surface area contributed by atoms with Crippen molar-refractivity contribution < 1.29 is 14.3 Å². The Balaban J connectivity index is 1.93. The molecule has 0 heterocycles. The van der Waals surface area contributed by atoms with E-state index in [0.29, 0.717) is 12.3 Å². The number of hydrogen-bond donors (Lipinski definition) is 0. The van der Waals surface area contributed by atoms with Crippen LogP contribution in [-0.4, -0.2) is 29.8 Å². The maximum absolute atomic E-state index is 9.41. The lowest BCUT2D eigenvalue weighted by Crippen LogP contribution is -2.25. The minimum atomic E-state index is -0.313. The lowest BCUT2D eigenvalue weighted by Gasteiger charge is -2.15. The first-order valence-corrected chi connectivity index (χ1v) is 20.7. The molecule has 1 aliphatic carbocycles. The molecule has 0 aliphatic heterocycles. The molecule has 268 valence electrons. The number of rotatable bonds is 36. The molecule has 1 rings (SSSR count). The molecule has 0 radical (unpaired) electrons. The zero-order valence-corrected chi connectivity index (χ0v) is 31.1. The quantitative estimate of drug-likeness (QED) is 0.0388. The Morgan fingerprint density at radius 2 is 0.783 bits per heavy atom. The van der Waals surface area contributed by atoms with Crippen molar-refractivity contribution in [2.24, 2.45) is 0 Å². The standard InChI is InChI=1S/C42H78N2O2/c1-3-5-7-9-11-13-15-17-19-21-23-25-27-29-31-33-37-45-40-35-36-41(44-43)42(39-40)46-38-34-32-30-28-26-24-22-20-18-16-14-12-10-8-6-4-2/h35-36,39,42H,3-34,37-38H2,1-2H3. The van der Waals surface area contributed by atoms with Gasteiger partial charge < -0.3 is 15.0 Å². The van der Waals surface area contributed by atoms with Gasteiger partial charge in [0.25, 0.3) is 0 Å². The monoisotopic (exact) mass is 643 g/mol. The third-order valence-corrected chi connectivity index (χ3v) is 9.70. The fraction of sp³-hybridized carbons (Fsp3) is 0.881. The van der Waals surface area contributed by atoms with E-state index in [4.69, 9.17) is 9.47 Å². The minimum absolute atomic E-state index is 0.313. The second-order valence-electron chi connectivity index (χ2n) is 14.2. The van der Waals surface area contributed by atoms with E-state index in [9.17, 15) is 5.53 Å². The highest BCUT2D eigenvalue weighted by Gasteiger charge is 2.24. The average molecular weight is 643 g/mol. The highest BCUT2D eigenvalue weighted by molar-refractivity contribution is 5.97. The number of allylic oxidation sites excluding steroid dienone is 1. The Labute approximate surface area is 287 Å². The van der Waals surface area contributed by atoms with Crippen LogP contribution < -0.4 is 0 Å². The molecule has 1 unspecified atom stereocenters. The van der Waals surface area contributed by atoms with Crippen molar-refractivity contribution in [1.82, 2.24) is 0 Å². The summed E-state index contributed by atoms with van der Waals surface area (Å²) in [5.41, 5.74) is 9.97. The van der Waals surface area contributed by atoms with Crippen LogP contribution in [0.1, 0.15) is 219 Å². The Morgan fingerprint density at radius 1 is 0.457 bits per heavy atom. The van der Waals surface area contributed by atoms with Gasteiger partial charge >= 0.3 is 5.71 Å². The fourth-order valence-corrected chi connectivity index (χ4v) is 6.57. The highest BCUT2D eigenvalue weighted by atomic mass is 16.5. The lowest BCUT2D eigenvalue weighted by molar-refractivity contribution is -0.0234. The number of nitrogens with zero attached hydrogens (tertiary/aromatic N) is 2. The molecule has 4 nitrogen and oxygen atoms in total. The molecule has 0 fully saturated rings. The van der Waals surface area contributed by atoms with Crippen molar-refractivity contribution in [2.75, 3.05) is 13.2 Å².